The molecule has 2 rings (SSSR count). The molecule has 0 aliphatic rings. The quantitative estimate of drug-likeness (QED) is 0.828. The van der Waals surface area contributed by atoms with Gasteiger partial charge in [-0.3, -0.25) is 0 Å². The van der Waals surface area contributed by atoms with Gasteiger partial charge in [-0.2, -0.15) is 4.98 Å². The number of nitrogens with zero attached hydrogens (tertiary/aromatic N) is 2. The molecule has 0 saturated heterocycles. The lowest BCUT2D eigenvalue weighted by Crippen LogP contribution is -2.07. The number of aromatic nitrogens is 2. The normalized spacial score (nSPS) is 10.4. The summed E-state index contributed by atoms with van der Waals surface area (Å²) in [7, 11) is 1.58. The average molecular weight is 352 g/mol. The average Bonchev–Trinajstić information content (AvgIpc) is 2.53. The molecule has 1 N–H and O–H groups in total. The third-order valence-corrected chi connectivity index (χ3v) is 3.47. The summed E-state index contributed by atoms with van der Waals surface area (Å²) in [6.07, 6.45) is 1.67. The van der Waals surface area contributed by atoms with Gasteiger partial charge in [-0.1, -0.05) is 24.3 Å². The molecular weight excluding hydrogens is 334 g/mol. The van der Waals surface area contributed by atoms with Crippen LogP contribution in [-0.2, 0) is 17.9 Å². The number of hydrogen-bond donors (Lipinski definition) is 1. The second-order valence-electron chi connectivity index (χ2n) is 4.31. The van der Waals surface area contributed by atoms with E-state index in [1.165, 1.54) is 0 Å². The van der Waals surface area contributed by atoms with Crippen LogP contribution >= 0.6 is 15.9 Å². The van der Waals surface area contributed by atoms with Gasteiger partial charge in [0.25, 0.3) is 0 Å². The van der Waals surface area contributed by atoms with Crippen LogP contribution in [0.15, 0.2) is 34.9 Å². The molecule has 2 aromatic rings. The molecule has 0 radical (unpaired) electrons. The zero-order valence-corrected chi connectivity index (χ0v) is 13.7. The second-order valence-corrected chi connectivity index (χ2v) is 5.16. The Hall–Kier alpha value is -1.66. The van der Waals surface area contributed by atoms with Crippen LogP contribution in [0.3, 0.4) is 0 Å². The van der Waals surface area contributed by atoms with Crippen molar-refractivity contribution >= 4 is 21.9 Å². The van der Waals surface area contributed by atoms with E-state index < -0.39 is 0 Å². The minimum atomic E-state index is 0.509. The van der Waals surface area contributed by atoms with Crippen molar-refractivity contribution in [2.24, 2.45) is 0 Å². The standard InChI is InChI=1S/C15H18BrN3O2/c1-3-21-10-12-7-5-4-6-11(12)8-17-15-18-9-13(16)14(19-15)20-2/h4-7,9H,3,8,10H2,1-2H3,(H,17,18,19). The Balaban J connectivity index is 2.06. The highest BCUT2D eigenvalue weighted by molar-refractivity contribution is 9.10. The number of halogens is 1. The van der Waals surface area contributed by atoms with E-state index >= 15 is 0 Å². The van der Waals surface area contributed by atoms with Crippen molar-refractivity contribution in [2.45, 2.75) is 20.1 Å². The van der Waals surface area contributed by atoms with Crippen LogP contribution in [0, 0.1) is 0 Å². The summed E-state index contributed by atoms with van der Waals surface area (Å²) in [6.45, 7) is 3.94. The summed E-state index contributed by atoms with van der Waals surface area (Å²) >= 11 is 3.33. The first kappa shape index (κ1) is 15.7. The number of nitrogens with one attached hydrogen (secondary N) is 1. The Morgan fingerprint density at radius 3 is 2.71 bits per heavy atom. The third kappa shape index (κ3) is 4.41. The molecule has 1 heterocycles. The molecule has 112 valence electrons. The molecule has 0 bridgehead atoms. The molecular formula is C15H18BrN3O2. The molecule has 0 aliphatic carbocycles. The zero-order valence-electron chi connectivity index (χ0n) is 12.1. The van der Waals surface area contributed by atoms with Crippen LogP contribution in [0.4, 0.5) is 5.95 Å². The predicted octanol–water partition coefficient (Wildman–Crippen LogP) is 3.40. The summed E-state index contributed by atoms with van der Waals surface area (Å²) in [5, 5.41) is 3.20. The minimum absolute atomic E-state index is 0.509. The highest BCUT2D eigenvalue weighted by Crippen LogP contribution is 2.22. The van der Waals surface area contributed by atoms with Gasteiger partial charge in [0.2, 0.25) is 11.8 Å². The maximum atomic E-state index is 5.48. The molecule has 5 nitrogen and oxygen atoms in total. The predicted molar refractivity (Wildman–Crippen MR) is 85.4 cm³/mol. The molecule has 1 aromatic carbocycles. The van der Waals surface area contributed by atoms with Crippen LogP contribution in [0.25, 0.3) is 0 Å². The minimum Gasteiger partial charge on any atom is -0.480 e. The van der Waals surface area contributed by atoms with Crippen LogP contribution < -0.4 is 10.1 Å². The van der Waals surface area contributed by atoms with Crippen molar-refractivity contribution in [1.82, 2.24) is 9.97 Å². The molecule has 0 fully saturated rings. The summed E-state index contributed by atoms with van der Waals surface area (Å²) < 4.78 is 11.4. The Bertz CT molecular complexity index is 593. The van der Waals surface area contributed by atoms with Gasteiger partial charge < -0.3 is 14.8 Å². The zero-order chi connectivity index (χ0) is 15.1. The van der Waals surface area contributed by atoms with Gasteiger partial charge >= 0.3 is 0 Å². The second kappa shape index (κ2) is 7.95. The van der Waals surface area contributed by atoms with E-state index in [0.29, 0.717) is 31.6 Å². The van der Waals surface area contributed by atoms with Crippen molar-refractivity contribution in [3.05, 3.63) is 46.1 Å². The topological polar surface area (TPSA) is 56.3 Å². The van der Waals surface area contributed by atoms with Crippen molar-refractivity contribution in [1.29, 1.82) is 0 Å². The monoisotopic (exact) mass is 351 g/mol. The largest absolute Gasteiger partial charge is 0.480 e. The molecule has 6 heteroatoms. The van der Waals surface area contributed by atoms with Gasteiger partial charge in [0, 0.05) is 13.2 Å². The maximum absolute atomic E-state index is 5.48. The Labute approximate surface area is 132 Å². The number of anilines is 1. The van der Waals surface area contributed by atoms with E-state index in [0.717, 1.165) is 15.6 Å². The number of methoxy groups -OCH3 is 1. The van der Waals surface area contributed by atoms with E-state index in [1.54, 1.807) is 13.3 Å². The smallest absolute Gasteiger partial charge is 0.232 e. The molecule has 1 aromatic heterocycles. The Morgan fingerprint density at radius 1 is 1.24 bits per heavy atom. The van der Waals surface area contributed by atoms with Crippen LogP contribution in [0.2, 0.25) is 0 Å². The molecule has 0 saturated carbocycles. The number of hydrogen-bond acceptors (Lipinski definition) is 5. The number of rotatable bonds is 7. The van der Waals surface area contributed by atoms with Crippen molar-refractivity contribution < 1.29 is 9.47 Å². The summed E-state index contributed by atoms with van der Waals surface area (Å²) in [4.78, 5) is 8.49. The summed E-state index contributed by atoms with van der Waals surface area (Å²) in [5.74, 6) is 1.04. The van der Waals surface area contributed by atoms with Crippen LogP contribution in [0.5, 0.6) is 5.88 Å². The Kier molecular flexibility index (Phi) is 5.95. The van der Waals surface area contributed by atoms with Gasteiger partial charge in [0.05, 0.1) is 24.4 Å². The summed E-state index contributed by atoms with van der Waals surface area (Å²) in [5.41, 5.74) is 2.33. The van der Waals surface area contributed by atoms with Crippen LogP contribution in [-0.4, -0.2) is 23.7 Å². The molecule has 0 atom stereocenters. The highest BCUT2D eigenvalue weighted by Gasteiger charge is 2.06. The molecule has 0 unspecified atom stereocenters. The SMILES string of the molecule is CCOCc1ccccc1CNc1ncc(Br)c(OC)n1. The fraction of sp³-hybridized carbons (Fsp3) is 0.333. The molecule has 0 amide bonds. The first-order valence-electron chi connectivity index (χ1n) is 6.69. The number of ether oxygens (including phenoxy) is 2. The fourth-order valence-electron chi connectivity index (χ4n) is 1.84. The van der Waals surface area contributed by atoms with E-state index in [1.807, 2.05) is 19.1 Å². The first-order valence-corrected chi connectivity index (χ1v) is 7.48. The molecule has 0 spiro atoms. The van der Waals surface area contributed by atoms with Gasteiger partial charge in [0.15, 0.2) is 0 Å². The molecule has 0 aliphatic heterocycles. The van der Waals surface area contributed by atoms with Crippen molar-refractivity contribution in [3.63, 3.8) is 0 Å². The van der Waals surface area contributed by atoms with Crippen LogP contribution in [0.1, 0.15) is 18.1 Å². The lowest BCUT2D eigenvalue weighted by atomic mass is 10.1. The van der Waals surface area contributed by atoms with E-state index in [9.17, 15) is 0 Å². The first-order chi connectivity index (χ1) is 10.2. The van der Waals surface area contributed by atoms with E-state index in [4.69, 9.17) is 9.47 Å². The fourth-order valence-corrected chi connectivity index (χ4v) is 2.19. The molecule has 21 heavy (non-hydrogen) atoms. The number of benzene rings is 1. The lowest BCUT2D eigenvalue weighted by molar-refractivity contribution is 0.133. The van der Waals surface area contributed by atoms with Gasteiger partial charge in [-0.15, -0.1) is 0 Å². The van der Waals surface area contributed by atoms with E-state index in [2.05, 4.69) is 43.3 Å². The van der Waals surface area contributed by atoms with Gasteiger partial charge in [-0.25, -0.2) is 4.98 Å². The highest BCUT2D eigenvalue weighted by atomic mass is 79.9. The third-order valence-electron chi connectivity index (χ3n) is 2.92. The van der Waals surface area contributed by atoms with Crippen molar-refractivity contribution in [3.8, 4) is 5.88 Å². The van der Waals surface area contributed by atoms with E-state index in [-0.39, 0.29) is 0 Å². The van der Waals surface area contributed by atoms with Gasteiger partial charge in [0.1, 0.15) is 0 Å². The van der Waals surface area contributed by atoms with Crippen molar-refractivity contribution in [2.75, 3.05) is 19.0 Å². The summed E-state index contributed by atoms with van der Waals surface area (Å²) in [6, 6.07) is 8.15. The Morgan fingerprint density at radius 2 is 2.00 bits per heavy atom. The maximum Gasteiger partial charge on any atom is 0.232 e. The van der Waals surface area contributed by atoms with Gasteiger partial charge in [-0.05, 0) is 34.0 Å². The lowest BCUT2D eigenvalue weighted by Gasteiger charge is -2.11.